The Hall–Kier alpha value is -0.740. The first-order valence-corrected chi connectivity index (χ1v) is 6.59. The molecule has 0 saturated carbocycles. The molecule has 0 saturated heterocycles. The number of ether oxygens (including phenoxy) is 1. The number of hydrogen-bond donors (Lipinski definition) is 0. The lowest BCUT2D eigenvalue weighted by atomic mass is 10.0. The molecule has 0 aliphatic heterocycles. The standard InChI is InChI=1S/C14H18ClF3O/c1-10(2)7-11-3-5-12(6-4-11)13(15)8-19-9-14(16,17)18/h3-6,10,13H,7-9H2,1-2H3. The topological polar surface area (TPSA) is 9.23 Å². The second-order valence-corrected chi connectivity index (χ2v) is 5.46. The zero-order valence-corrected chi connectivity index (χ0v) is 11.8. The number of benzene rings is 1. The van der Waals surface area contributed by atoms with E-state index in [4.69, 9.17) is 11.6 Å². The maximum absolute atomic E-state index is 11.9. The summed E-state index contributed by atoms with van der Waals surface area (Å²) in [4.78, 5) is 0. The molecule has 108 valence electrons. The summed E-state index contributed by atoms with van der Waals surface area (Å²) in [6, 6.07) is 7.58. The molecule has 0 aromatic heterocycles. The monoisotopic (exact) mass is 294 g/mol. The zero-order valence-electron chi connectivity index (χ0n) is 11.0. The highest BCUT2D eigenvalue weighted by atomic mass is 35.5. The van der Waals surface area contributed by atoms with Crippen molar-refractivity contribution in [2.75, 3.05) is 13.2 Å². The van der Waals surface area contributed by atoms with E-state index in [1.807, 2.05) is 24.3 Å². The van der Waals surface area contributed by atoms with Gasteiger partial charge in [0.25, 0.3) is 0 Å². The lowest BCUT2D eigenvalue weighted by molar-refractivity contribution is -0.173. The van der Waals surface area contributed by atoms with Gasteiger partial charge in [-0.15, -0.1) is 11.6 Å². The molecule has 5 heteroatoms. The Bertz CT molecular complexity index is 373. The highest BCUT2D eigenvalue weighted by Gasteiger charge is 2.27. The Morgan fingerprint density at radius 3 is 2.21 bits per heavy atom. The van der Waals surface area contributed by atoms with Gasteiger partial charge in [-0.05, 0) is 23.5 Å². The maximum Gasteiger partial charge on any atom is 0.411 e. The van der Waals surface area contributed by atoms with Crippen molar-refractivity contribution in [3.63, 3.8) is 0 Å². The van der Waals surface area contributed by atoms with Gasteiger partial charge in [0.2, 0.25) is 0 Å². The zero-order chi connectivity index (χ0) is 14.5. The Kier molecular flexibility index (Phi) is 6.14. The molecule has 0 spiro atoms. The fourth-order valence-corrected chi connectivity index (χ4v) is 1.94. The minimum absolute atomic E-state index is 0.148. The Morgan fingerprint density at radius 1 is 1.16 bits per heavy atom. The van der Waals surface area contributed by atoms with Crippen LogP contribution in [0.5, 0.6) is 0 Å². The molecule has 0 N–H and O–H groups in total. The molecule has 0 heterocycles. The molecular formula is C14H18ClF3O. The predicted molar refractivity (Wildman–Crippen MR) is 70.5 cm³/mol. The third-order valence-electron chi connectivity index (χ3n) is 2.52. The van der Waals surface area contributed by atoms with E-state index in [9.17, 15) is 13.2 Å². The first-order chi connectivity index (χ1) is 8.78. The van der Waals surface area contributed by atoms with Gasteiger partial charge in [0.1, 0.15) is 6.61 Å². The lowest BCUT2D eigenvalue weighted by Crippen LogP contribution is -2.18. The molecule has 1 unspecified atom stereocenters. The summed E-state index contributed by atoms with van der Waals surface area (Å²) in [6.45, 7) is 2.85. The minimum Gasteiger partial charge on any atom is -0.370 e. The van der Waals surface area contributed by atoms with E-state index in [0.717, 1.165) is 12.0 Å². The van der Waals surface area contributed by atoms with Crippen LogP contribution in [0.15, 0.2) is 24.3 Å². The smallest absolute Gasteiger partial charge is 0.370 e. The SMILES string of the molecule is CC(C)Cc1ccc(C(Cl)COCC(F)(F)F)cc1. The molecule has 0 fully saturated rings. The predicted octanol–water partition coefficient (Wildman–Crippen LogP) is 4.74. The first-order valence-electron chi connectivity index (χ1n) is 6.15. The van der Waals surface area contributed by atoms with E-state index >= 15 is 0 Å². The third-order valence-corrected chi connectivity index (χ3v) is 2.89. The van der Waals surface area contributed by atoms with Crippen molar-refractivity contribution < 1.29 is 17.9 Å². The van der Waals surface area contributed by atoms with Gasteiger partial charge in [0.15, 0.2) is 0 Å². The van der Waals surface area contributed by atoms with Gasteiger partial charge in [-0.1, -0.05) is 38.1 Å². The summed E-state index contributed by atoms with van der Waals surface area (Å²) in [5.41, 5.74) is 1.97. The summed E-state index contributed by atoms with van der Waals surface area (Å²) in [5.74, 6) is 0.563. The fraction of sp³-hybridized carbons (Fsp3) is 0.571. The van der Waals surface area contributed by atoms with Gasteiger partial charge in [0, 0.05) is 0 Å². The van der Waals surface area contributed by atoms with Crippen LogP contribution in [0, 0.1) is 5.92 Å². The Labute approximate surface area is 116 Å². The molecule has 0 bridgehead atoms. The summed E-state index contributed by atoms with van der Waals surface area (Å²) in [6.07, 6.45) is -3.34. The minimum atomic E-state index is -4.31. The van der Waals surface area contributed by atoms with Gasteiger partial charge in [-0.25, -0.2) is 0 Å². The molecule has 1 atom stereocenters. The van der Waals surface area contributed by atoms with Crippen LogP contribution in [0.3, 0.4) is 0 Å². The van der Waals surface area contributed by atoms with Crippen molar-refractivity contribution in [3.05, 3.63) is 35.4 Å². The number of halogens is 4. The molecule has 1 aromatic rings. The molecule has 1 rings (SSSR count). The summed E-state index contributed by atoms with van der Waals surface area (Å²) in [7, 11) is 0. The van der Waals surface area contributed by atoms with Gasteiger partial charge >= 0.3 is 6.18 Å². The van der Waals surface area contributed by atoms with Crippen molar-refractivity contribution in [3.8, 4) is 0 Å². The van der Waals surface area contributed by atoms with Crippen molar-refractivity contribution in [2.45, 2.75) is 31.8 Å². The average molecular weight is 295 g/mol. The van der Waals surface area contributed by atoms with Crippen LogP contribution in [-0.2, 0) is 11.2 Å². The van der Waals surface area contributed by atoms with E-state index in [1.54, 1.807) is 0 Å². The van der Waals surface area contributed by atoms with Crippen LogP contribution in [0.25, 0.3) is 0 Å². The van der Waals surface area contributed by atoms with Crippen LogP contribution in [-0.4, -0.2) is 19.4 Å². The number of rotatable bonds is 6. The molecule has 0 aliphatic carbocycles. The van der Waals surface area contributed by atoms with E-state index in [2.05, 4.69) is 18.6 Å². The van der Waals surface area contributed by atoms with E-state index in [0.29, 0.717) is 5.92 Å². The fourth-order valence-electron chi connectivity index (χ4n) is 1.71. The van der Waals surface area contributed by atoms with Gasteiger partial charge in [-0.2, -0.15) is 13.2 Å². The maximum atomic E-state index is 11.9. The first kappa shape index (κ1) is 16.3. The third kappa shape index (κ3) is 6.83. The van der Waals surface area contributed by atoms with Crippen LogP contribution in [0.1, 0.15) is 30.4 Å². The van der Waals surface area contributed by atoms with Crippen molar-refractivity contribution in [2.24, 2.45) is 5.92 Å². The highest BCUT2D eigenvalue weighted by molar-refractivity contribution is 6.20. The van der Waals surface area contributed by atoms with Crippen molar-refractivity contribution >= 4 is 11.6 Å². The molecule has 0 aliphatic rings. The van der Waals surface area contributed by atoms with Crippen molar-refractivity contribution in [1.29, 1.82) is 0 Å². The second kappa shape index (κ2) is 7.15. The largest absolute Gasteiger partial charge is 0.411 e. The lowest BCUT2D eigenvalue weighted by Gasteiger charge is -2.13. The second-order valence-electron chi connectivity index (χ2n) is 4.94. The normalized spacial score (nSPS) is 13.8. The van der Waals surface area contributed by atoms with Gasteiger partial charge in [-0.3, -0.25) is 0 Å². The van der Waals surface area contributed by atoms with Gasteiger partial charge < -0.3 is 4.74 Å². The van der Waals surface area contributed by atoms with Crippen LogP contribution >= 0.6 is 11.6 Å². The number of hydrogen-bond acceptors (Lipinski definition) is 1. The average Bonchev–Trinajstić information content (AvgIpc) is 2.27. The molecule has 1 nitrogen and oxygen atoms in total. The van der Waals surface area contributed by atoms with Crippen molar-refractivity contribution in [1.82, 2.24) is 0 Å². The van der Waals surface area contributed by atoms with Gasteiger partial charge in [0.05, 0.1) is 12.0 Å². The summed E-state index contributed by atoms with van der Waals surface area (Å²) in [5, 5.41) is -0.560. The Balaban J connectivity index is 2.46. The summed E-state index contributed by atoms with van der Waals surface area (Å²) >= 11 is 6.00. The molecule has 1 aromatic carbocycles. The summed E-state index contributed by atoms with van der Waals surface area (Å²) < 4.78 is 40.3. The molecule has 19 heavy (non-hydrogen) atoms. The molecular weight excluding hydrogens is 277 g/mol. The van der Waals surface area contributed by atoms with E-state index in [-0.39, 0.29) is 6.61 Å². The Morgan fingerprint density at radius 2 is 1.74 bits per heavy atom. The molecule has 0 amide bonds. The van der Waals surface area contributed by atoms with Crippen LogP contribution in [0.4, 0.5) is 13.2 Å². The molecule has 0 radical (unpaired) electrons. The highest BCUT2D eigenvalue weighted by Crippen LogP contribution is 2.23. The quantitative estimate of drug-likeness (QED) is 0.688. The van der Waals surface area contributed by atoms with E-state index in [1.165, 1.54) is 5.56 Å². The van der Waals surface area contributed by atoms with E-state index < -0.39 is 18.2 Å². The van der Waals surface area contributed by atoms with Crippen LogP contribution < -0.4 is 0 Å². The number of alkyl halides is 4. The van der Waals surface area contributed by atoms with Crippen LogP contribution in [0.2, 0.25) is 0 Å².